The second-order valence-corrected chi connectivity index (χ2v) is 5.25. The van der Waals surface area contributed by atoms with E-state index < -0.39 is 30.3 Å². The van der Waals surface area contributed by atoms with Crippen molar-refractivity contribution in [3.63, 3.8) is 0 Å². The van der Waals surface area contributed by atoms with Gasteiger partial charge in [-0.1, -0.05) is 18.2 Å². The van der Waals surface area contributed by atoms with Crippen LogP contribution < -0.4 is 10.6 Å². The van der Waals surface area contributed by atoms with Gasteiger partial charge < -0.3 is 30.3 Å². The normalized spacial score (nSPS) is 14.4. The Labute approximate surface area is 134 Å². The summed E-state index contributed by atoms with van der Waals surface area (Å²) >= 11 is 0. The number of hydrogen-bond acceptors (Lipinski definition) is 6. The van der Waals surface area contributed by atoms with E-state index in [1.807, 2.05) is 6.07 Å². The van der Waals surface area contributed by atoms with Crippen LogP contribution in [0.2, 0.25) is 0 Å². The molecule has 0 bridgehead atoms. The number of para-hydroxylation sites is 1. The van der Waals surface area contributed by atoms with Crippen LogP contribution in [0.5, 0.6) is 0 Å². The Balaban J connectivity index is 2.37. The molecule has 0 aliphatic rings. The van der Waals surface area contributed by atoms with Crippen molar-refractivity contribution in [1.29, 1.82) is 0 Å². The first kappa shape index (κ1) is 18.9. The van der Waals surface area contributed by atoms with Crippen molar-refractivity contribution in [2.45, 2.75) is 20.1 Å². The number of carbonyl (C=O) groups is 2. The first-order valence-electron chi connectivity index (χ1n) is 7.01. The van der Waals surface area contributed by atoms with Crippen LogP contribution in [-0.2, 0) is 14.3 Å². The zero-order valence-electron chi connectivity index (χ0n) is 13.1. The van der Waals surface area contributed by atoms with E-state index in [-0.39, 0.29) is 13.3 Å². The molecule has 8 nitrogen and oxygen atoms in total. The first-order valence-corrected chi connectivity index (χ1v) is 7.01. The number of carbonyl (C=O) groups excluding carboxylic acids is 2. The zero-order chi connectivity index (χ0) is 17.3. The largest absolute Gasteiger partial charge is 0.465 e. The molecular formula is C15H22N2O6. The number of urea groups is 1. The highest BCUT2D eigenvalue weighted by atomic mass is 16.6. The third kappa shape index (κ3) is 6.64. The standard InChI is InChI=1S/C15H22N2O6/c1-11(19)22-9-15(2,8-18)13(20)23-10-16-14(21)17-12-6-4-3-5-7-12/h3-7,13,18,20H,8-10H2,1-2H3,(H2,16,17,21). The molecule has 0 aliphatic heterocycles. The molecule has 8 heteroatoms. The Kier molecular flexibility index (Phi) is 7.46. The Morgan fingerprint density at radius 2 is 1.96 bits per heavy atom. The molecule has 23 heavy (non-hydrogen) atoms. The lowest BCUT2D eigenvalue weighted by atomic mass is 9.92. The fraction of sp³-hybridized carbons (Fsp3) is 0.467. The predicted octanol–water partition coefficient (Wildman–Crippen LogP) is 0.662. The molecule has 0 aliphatic carbocycles. The molecule has 1 rings (SSSR count). The van der Waals surface area contributed by atoms with E-state index in [0.29, 0.717) is 5.69 Å². The van der Waals surface area contributed by atoms with Crippen molar-refractivity contribution in [2.24, 2.45) is 5.41 Å². The number of ether oxygens (including phenoxy) is 2. The minimum absolute atomic E-state index is 0.212. The molecule has 0 radical (unpaired) electrons. The fourth-order valence-electron chi connectivity index (χ4n) is 1.55. The van der Waals surface area contributed by atoms with Crippen LogP contribution in [0, 0.1) is 5.41 Å². The molecular weight excluding hydrogens is 304 g/mol. The van der Waals surface area contributed by atoms with E-state index in [9.17, 15) is 19.8 Å². The van der Waals surface area contributed by atoms with Gasteiger partial charge in [0.25, 0.3) is 0 Å². The first-order chi connectivity index (χ1) is 10.9. The van der Waals surface area contributed by atoms with Crippen molar-refractivity contribution in [2.75, 3.05) is 25.3 Å². The van der Waals surface area contributed by atoms with Crippen LogP contribution in [0.1, 0.15) is 13.8 Å². The van der Waals surface area contributed by atoms with Crippen LogP contribution in [-0.4, -0.2) is 48.4 Å². The SMILES string of the molecule is CC(=O)OCC(C)(CO)C(O)OCNC(=O)Nc1ccccc1. The number of aliphatic hydroxyl groups excluding tert-OH is 2. The number of benzene rings is 1. The number of aliphatic hydroxyl groups is 2. The summed E-state index contributed by atoms with van der Waals surface area (Å²) in [5.41, 5.74) is -0.580. The number of esters is 1. The van der Waals surface area contributed by atoms with Gasteiger partial charge in [0.15, 0.2) is 6.29 Å². The maximum absolute atomic E-state index is 11.6. The van der Waals surface area contributed by atoms with Gasteiger partial charge in [-0.25, -0.2) is 4.79 Å². The van der Waals surface area contributed by atoms with Crippen LogP contribution in [0.25, 0.3) is 0 Å². The monoisotopic (exact) mass is 326 g/mol. The summed E-state index contributed by atoms with van der Waals surface area (Å²) in [5, 5.41) is 24.3. The van der Waals surface area contributed by atoms with Crippen molar-refractivity contribution < 1.29 is 29.3 Å². The minimum atomic E-state index is -1.43. The summed E-state index contributed by atoms with van der Waals surface area (Å²) in [7, 11) is 0. The highest BCUT2D eigenvalue weighted by Gasteiger charge is 2.35. The lowest BCUT2D eigenvalue weighted by Crippen LogP contribution is -2.44. The van der Waals surface area contributed by atoms with Crippen molar-refractivity contribution in [3.8, 4) is 0 Å². The molecule has 4 N–H and O–H groups in total. The van der Waals surface area contributed by atoms with Gasteiger partial charge in [0, 0.05) is 12.6 Å². The molecule has 0 spiro atoms. The van der Waals surface area contributed by atoms with Crippen LogP contribution >= 0.6 is 0 Å². The van der Waals surface area contributed by atoms with Gasteiger partial charge in [-0.05, 0) is 19.1 Å². The molecule has 2 atom stereocenters. The molecule has 0 saturated heterocycles. The number of hydrogen-bond donors (Lipinski definition) is 4. The Bertz CT molecular complexity index is 510. The fourth-order valence-corrected chi connectivity index (χ4v) is 1.55. The van der Waals surface area contributed by atoms with Crippen molar-refractivity contribution in [3.05, 3.63) is 30.3 Å². The molecule has 0 aromatic heterocycles. The maximum atomic E-state index is 11.6. The van der Waals surface area contributed by atoms with Gasteiger partial charge in [0.05, 0.1) is 12.0 Å². The van der Waals surface area contributed by atoms with Gasteiger partial charge in [0.2, 0.25) is 0 Å². The molecule has 0 heterocycles. The van der Waals surface area contributed by atoms with Gasteiger partial charge in [0.1, 0.15) is 13.3 Å². The molecule has 2 amide bonds. The van der Waals surface area contributed by atoms with Gasteiger partial charge in [-0.3, -0.25) is 4.79 Å². The molecule has 2 unspecified atom stereocenters. The Hall–Kier alpha value is -2.16. The minimum Gasteiger partial charge on any atom is -0.465 e. The van der Waals surface area contributed by atoms with Gasteiger partial charge in [-0.2, -0.15) is 0 Å². The third-order valence-electron chi connectivity index (χ3n) is 3.07. The lowest BCUT2D eigenvalue weighted by molar-refractivity contribution is -0.201. The number of nitrogens with one attached hydrogen (secondary N) is 2. The van der Waals surface area contributed by atoms with Gasteiger partial charge >= 0.3 is 12.0 Å². The maximum Gasteiger partial charge on any atom is 0.321 e. The molecule has 0 saturated carbocycles. The predicted molar refractivity (Wildman–Crippen MR) is 82.4 cm³/mol. The average Bonchev–Trinajstić information content (AvgIpc) is 2.53. The number of amides is 2. The van der Waals surface area contributed by atoms with E-state index >= 15 is 0 Å². The molecule has 128 valence electrons. The van der Waals surface area contributed by atoms with Crippen LogP contribution in [0.15, 0.2) is 30.3 Å². The highest BCUT2D eigenvalue weighted by molar-refractivity contribution is 5.88. The summed E-state index contributed by atoms with van der Waals surface area (Å²) in [4.78, 5) is 22.4. The molecule has 1 aromatic carbocycles. The van der Waals surface area contributed by atoms with Crippen molar-refractivity contribution >= 4 is 17.7 Å². The second-order valence-electron chi connectivity index (χ2n) is 5.25. The highest BCUT2D eigenvalue weighted by Crippen LogP contribution is 2.22. The van der Waals surface area contributed by atoms with Gasteiger partial charge in [-0.15, -0.1) is 0 Å². The van der Waals surface area contributed by atoms with E-state index in [1.165, 1.54) is 13.8 Å². The van der Waals surface area contributed by atoms with Crippen LogP contribution in [0.4, 0.5) is 10.5 Å². The molecule has 0 fully saturated rings. The smallest absolute Gasteiger partial charge is 0.321 e. The lowest BCUT2D eigenvalue weighted by Gasteiger charge is -2.31. The molecule has 1 aromatic rings. The van der Waals surface area contributed by atoms with E-state index in [0.717, 1.165) is 0 Å². The quantitative estimate of drug-likeness (QED) is 0.412. The summed E-state index contributed by atoms with van der Waals surface area (Å²) in [5.74, 6) is -0.530. The van der Waals surface area contributed by atoms with Crippen LogP contribution in [0.3, 0.4) is 0 Å². The zero-order valence-corrected chi connectivity index (χ0v) is 13.1. The third-order valence-corrected chi connectivity index (χ3v) is 3.07. The van der Waals surface area contributed by atoms with E-state index in [1.54, 1.807) is 24.3 Å². The summed E-state index contributed by atoms with van der Waals surface area (Å²) in [6.45, 7) is 1.76. The Morgan fingerprint density at radius 1 is 1.30 bits per heavy atom. The Morgan fingerprint density at radius 3 is 2.52 bits per heavy atom. The average molecular weight is 326 g/mol. The van der Waals surface area contributed by atoms with E-state index in [4.69, 9.17) is 9.47 Å². The summed E-state index contributed by atoms with van der Waals surface area (Å²) in [6, 6.07) is 8.31. The number of rotatable bonds is 8. The topological polar surface area (TPSA) is 117 Å². The summed E-state index contributed by atoms with van der Waals surface area (Å²) in [6.07, 6.45) is -1.43. The second kappa shape index (κ2) is 9.09. The van der Waals surface area contributed by atoms with E-state index in [2.05, 4.69) is 10.6 Å². The summed E-state index contributed by atoms with van der Waals surface area (Å²) < 4.78 is 9.86. The van der Waals surface area contributed by atoms with Crippen molar-refractivity contribution in [1.82, 2.24) is 5.32 Å². The number of anilines is 1.